The zero-order valence-electron chi connectivity index (χ0n) is 15.8. The minimum atomic E-state index is -0.919. The van der Waals surface area contributed by atoms with Gasteiger partial charge in [0.05, 0.1) is 5.60 Å². The standard InChI is InChI=1S/C21H28O5/c1-12(23)13-4-5-14-16-10-17(24)15(6-9-22)20(3)11-18(25)26-21(16,20)8-7-19(13,14)2/h9-10,13-15,18,25H,4-8,11H2,1-3H3/t13-,14+,15?,18?,19-,20+,21-/m1/s1. The summed E-state index contributed by atoms with van der Waals surface area (Å²) in [5.41, 5.74) is -0.451. The van der Waals surface area contributed by atoms with Gasteiger partial charge in [-0.05, 0) is 55.6 Å². The molecule has 1 aliphatic heterocycles. The molecule has 0 aromatic heterocycles. The van der Waals surface area contributed by atoms with Crippen molar-refractivity contribution in [3.8, 4) is 0 Å². The summed E-state index contributed by atoms with van der Waals surface area (Å²) >= 11 is 0. The van der Waals surface area contributed by atoms with Crippen molar-refractivity contribution in [3.63, 3.8) is 0 Å². The maximum atomic E-state index is 13.0. The van der Waals surface area contributed by atoms with E-state index in [-0.39, 0.29) is 35.2 Å². The molecule has 3 fully saturated rings. The third-order valence-electron chi connectivity index (χ3n) is 8.28. The van der Waals surface area contributed by atoms with Crippen LogP contribution in [0.5, 0.6) is 0 Å². The second-order valence-corrected chi connectivity index (χ2v) is 9.28. The first-order valence-corrected chi connectivity index (χ1v) is 9.75. The van der Waals surface area contributed by atoms with E-state index in [1.54, 1.807) is 13.0 Å². The first-order chi connectivity index (χ1) is 12.2. The van der Waals surface area contributed by atoms with Crippen LogP contribution in [0.3, 0.4) is 0 Å². The highest BCUT2D eigenvalue weighted by Crippen LogP contribution is 2.69. The highest BCUT2D eigenvalue weighted by atomic mass is 16.6. The quantitative estimate of drug-likeness (QED) is 0.783. The van der Waals surface area contributed by atoms with Gasteiger partial charge in [0.2, 0.25) is 0 Å². The van der Waals surface area contributed by atoms with Crippen LogP contribution in [0.25, 0.3) is 0 Å². The van der Waals surface area contributed by atoms with Crippen molar-refractivity contribution in [1.29, 1.82) is 0 Å². The van der Waals surface area contributed by atoms with Crippen molar-refractivity contribution >= 4 is 17.9 Å². The van der Waals surface area contributed by atoms with E-state index < -0.39 is 23.2 Å². The molecule has 4 rings (SSSR count). The summed E-state index contributed by atoms with van der Waals surface area (Å²) in [6.45, 7) is 5.85. The molecular weight excluding hydrogens is 332 g/mol. The molecule has 3 aliphatic carbocycles. The van der Waals surface area contributed by atoms with Gasteiger partial charge in [-0.1, -0.05) is 13.8 Å². The Morgan fingerprint density at radius 3 is 2.73 bits per heavy atom. The number of hydrogen-bond acceptors (Lipinski definition) is 5. The van der Waals surface area contributed by atoms with Crippen LogP contribution in [0.2, 0.25) is 0 Å². The van der Waals surface area contributed by atoms with Crippen LogP contribution in [0.1, 0.15) is 59.3 Å². The van der Waals surface area contributed by atoms with E-state index in [0.717, 1.165) is 31.1 Å². The van der Waals surface area contributed by atoms with E-state index in [0.29, 0.717) is 12.8 Å². The van der Waals surface area contributed by atoms with Crippen molar-refractivity contribution in [2.75, 3.05) is 0 Å². The largest absolute Gasteiger partial charge is 0.368 e. The lowest BCUT2D eigenvalue weighted by Gasteiger charge is -2.57. The van der Waals surface area contributed by atoms with Crippen LogP contribution < -0.4 is 0 Å². The fourth-order valence-corrected chi connectivity index (χ4v) is 6.99. The molecule has 142 valence electrons. The summed E-state index contributed by atoms with van der Waals surface area (Å²) < 4.78 is 6.17. The average molecular weight is 360 g/mol. The van der Waals surface area contributed by atoms with Crippen molar-refractivity contribution < 1.29 is 24.2 Å². The first kappa shape index (κ1) is 18.1. The van der Waals surface area contributed by atoms with Gasteiger partial charge in [-0.25, -0.2) is 0 Å². The molecule has 1 spiro atoms. The number of ether oxygens (including phenoxy) is 1. The predicted molar refractivity (Wildman–Crippen MR) is 94.0 cm³/mol. The van der Waals surface area contributed by atoms with Crippen LogP contribution in [-0.2, 0) is 19.1 Å². The Hall–Kier alpha value is -1.33. The van der Waals surface area contributed by atoms with Crippen molar-refractivity contribution in [1.82, 2.24) is 0 Å². The van der Waals surface area contributed by atoms with Crippen LogP contribution >= 0.6 is 0 Å². The molecular formula is C21H28O5. The van der Waals surface area contributed by atoms with Gasteiger partial charge in [-0.2, -0.15) is 0 Å². The van der Waals surface area contributed by atoms with Crippen molar-refractivity contribution in [3.05, 3.63) is 11.6 Å². The topological polar surface area (TPSA) is 80.7 Å². The molecule has 4 aliphatic rings. The second-order valence-electron chi connectivity index (χ2n) is 9.28. The molecule has 0 aromatic rings. The number of rotatable bonds is 3. The smallest absolute Gasteiger partial charge is 0.159 e. The predicted octanol–water partition coefficient (Wildman–Crippen LogP) is 2.60. The maximum absolute atomic E-state index is 13.0. The lowest BCUT2D eigenvalue weighted by molar-refractivity contribution is -0.171. The molecule has 0 amide bonds. The Kier molecular flexibility index (Phi) is 3.88. The van der Waals surface area contributed by atoms with Crippen LogP contribution in [0, 0.1) is 28.6 Å². The summed E-state index contributed by atoms with van der Waals surface area (Å²) in [6.07, 6.45) is 5.36. The molecule has 0 bridgehead atoms. The summed E-state index contributed by atoms with van der Waals surface area (Å²) in [4.78, 5) is 36.4. The number of aldehydes is 1. The number of carbonyl (C=O) groups excluding carboxylic acids is 3. The Morgan fingerprint density at radius 1 is 1.35 bits per heavy atom. The van der Waals surface area contributed by atoms with Crippen molar-refractivity contribution in [2.24, 2.45) is 28.6 Å². The summed E-state index contributed by atoms with van der Waals surface area (Å²) in [5.74, 6) is -0.113. The molecule has 2 unspecified atom stereocenters. The minimum Gasteiger partial charge on any atom is -0.368 e. The van der Waals surface area contributed by atoms with Gasteiger partial charge in [0.1, 0.15) is 12.1 Å². The van der Waals surface area contributed by atoms with E-state index in [1.165, 1.54) is 0 Å². The molecule has 0 radical (unpaired) electrons. The number of ketones is 2. The Balaban J connectivity index is 1.85. The third-order valence-corrected chi connectivity index (χ3v) is 8.28. The number of carbonyl (C=O) groups is 3. The highest BCUT2D eigenvalue weighted by Gasteiger charge is 2.70. The van der Waals surface area contributed by atoms with Gasteiger partial charge in [-0.15, -0.1) is 0 Å². The Labute approximate surface area is 154 Å². The van der Waals surface area contributed by atoms with E-state index in [9.17, 15) is 19.5 Å². The number of hydrogen-bond donors (Lipinski definition) is 1. The molecule has 1 N–H and O–H groups in total. The minimum absolute atomic E-state index is 0.0196. The van der Waals surface area contributed by atoms with Gasteiger partial charge in [0, 0.05) is 30.1 Å². The molecule has 1 heterocycles. The van der Waals surface area contributed by atoms with Crippen molar-refractivity contribution in [2.45, 2.75) is 71.2 Å². The zero-order chi connectivity index (χ0) is 18.9. The Morgan fingerprint density at radius 2 is 2.08 bits per heavy atom. The molecule has 5 heteroatoms. The summed E-state index contributed by atoms with van der Waals surface area (Å²) in [7, 11) is 0. The fraction of sp³-hybridized carbons (Fsp3) is 0.762. The Bertz CT molecular complexity index is 711. The number of fused-ring (bicyclic) bond motifs is 2. The molecule has 1 saturated heterocycles. The van der Waals surface area contributed by atoms with Gasteiger partial charge in [0.15, 0.2) is 12.1 Å². The number of allylic oxidation sites excluding steroid dienone is 1. The van der Waals surface area contributed by atoms with Gasteiger partial charge >= 0.3 is 0 Å². The second kappa shape index (κ2) is 5.59. The van der Waals surface area contributed by atoms with Crippen LogP contribution in [0.15, 0.2) is 11.6 Å². The van der Waals surface area contributed by atoms with Crippen LogP contribution in [0.4, 0.5) is 0 Å². The van der Waals surface area contributed by atoms with E-state index in [1.807, 2.05) is 6.92 Å². The van der Waals surface area contributed by atoms with Gasteiger partial charge in [0.25, 0.3) is 0 Å². The van der Waals surface area contributed by atoms with E-state index in [4.69, 9.17) is 4.74 Å². The molecule has 26 heavy (non-hydrogen) atoms. The number of Topliss-reactive ketones (excluding diaryl/α,β-unsaturated/α-hetero) is 1. The molecule has 0 aromatic carbocycles. The average Bonchev–Trinajstić information content (AvgIpc) is 3.03. The lowest BCUT2D eigenvalue weighted by atomic mass is 9.48. The van der Waals surface area contributed by atoms with Gasteiger partial charge < -0.3 is 14.6 Å². The van der Waals surface area contributed by atoms with E-state index >= 15 is 0 Å². The SMILES string of the molecule is CC(=O)[C@H]1CC[C@H]2C3=CC(=O)C(CC=O)[C@]4(C)CC(O)O[C@]34CC[C@]12C. The zero-order valence-corrected chi connectivity index (χ0v) is 15.8. The highest BCUT2D eigenvalue weighted by molar-refractivity contribution is 5.96. The lowest BCUT2D eigenvalue weighted by Crippen LogP contribution is -2.59. The van der Waals surface area contributed by atoms with Crippen LogP contribution in [-0.4, -0.2) is 34.9 Å². The van der Waals surface area contributed by atoms with Gasteiger partial charge in [-0.3, -0.25) is 9.59 Å². The third kappa shape index (κ3) is 2.02. The molecule has 7 atom stereocenters. The number of aliphatic hydroxyl groups is 1. The number of aliphatic hydroxyl groups excluding tert-OH is 1. The summed E-state index contributed by atoms with van der Waals surface area (Å²) in [6, 6.07) is 0. The molecule has 2 saturated carbocycles. The normalized spacial score (nSPS) is 49.8. The summed E-state index contributed by atoms with van der Waals surface area (Å²) in [5, 5.41) is 10.4. The monoisotopic (exact) mass is 360 g/mol. The maximum Gasteiger partial charge on any atom is 0.159 e. The molecule has 5 nitrogen and oxygen atoms in total. The fourth-order valence-electron chi connectivity index (χ4n) is 6.99. The van der Waals surface area contributed by atoms with E-state index in [2.05, 4.69) is 6.92 Å². The first-order valence-electron chi connectivity index (χ1n) is 9.75.